The second-order valence-corrected chi connectivity index (χ2v) is 5.38. The van der Waals surface area contributed by atoms with Crippen molar-refractivity contribution in [3.63, 3.8) is 0 Å². The predicted octanol–water partition coefficient (Wildman–Crippen LogP) is 3.84. The van der Waals surface area contributed by atoms with Crippen LogP contribution >= 0.6 is 0 Å². The molecule has 3 rings (SSSR count). The van der Waals surface area contributed by atoms with Crippen LogP contribution in [0.3, 0.4) is 0 Å². The highest BCUT2D eigenvalue weighted by molar-refractivity contribution is 5.58. The van der Waals surface area contributed by atoms with Crippen molar-refractivity contribution in [1.29, 1.82) is 0 Å². The highest BCUT2D eigenvalue weighted by atomic mass is 16.6. The molecule has 0 aliphatic rings. The molecular weight excluding hydrogens is 310 g/mol. The minimum Gasteiger partial charge on any atom is -0.483 e. The second-order valence-electron chi connectivity index (χ2n) is 5.38. The van der Waals surface area contributed by atoms with Crippen molar-refractivity contribution in [2.45, 2.75) is 20.5 Å². The molecule has 7 heteroatoms. The number of aromatic nitrogens is 2. The van der Waals surface area contributed by atoms with E-state index in [0.29, 0.717) is 17.3 Å². The lowest BCUT2D eigenvalue weighted by atomic mass is 10.1. The third kappa shape index (κ3) is 3.40. The van der Waals surface area contributed by atoms with Gasteiger partial charge in [0, 0.05) is 17.7 Å². The fraction of sp³-hybridized carbons (Fsp3) is 0.176. The lowest BCUT2D eigenvalue weighted by molar-refractivity contribution is -0.384. The Morgan fingerprint density at radius 2 is 2.04 bits per heavy atom. The number of benzene rings is 2. The van der Waals surface area contributed by atoms with E-state index in [2.05, 4.69) is 10.1 Å². The largest absolute Gasteiger partial charge is 0.483 e. The first-order chi connectivity index (χ1) is 11.5. The molecular formula is C17H15N3O4. The van der Waals surface area contributed by atoms with E-state index in [4.69, 9.17) is 9.26 Å². The van der Waals surface area contributed by atoms with Gasteiger partial charge in [0.15, 0.2) is 6.61 Å². The minimum atomic E-state index is -0.464. The van der Waals surface area contributed by atoms with Crippen molar-refractivity contribution in [1.82, 2.24) is 10.1 Å². The van der Waals surface area contributed by atoms with Crippen molar-refractivity contribution >= 4 is 5.69 Å². The number of nitro benzene ring substituents is 1. The summed E-state index contributed by atoms with van der Waals surface area (Å²) in [7, 11) is 0. The molecule has 0 amide bonds. The Labute approximate surface area is 138 Å². The number of non-ortho nitro benzene ring substituents is 1. The summed E-state index contributed by atoms with van der Waals surface area (Å²) in [6.07, 6.45) is 0. The molecule has 0 aliphatic carbocycles. The molecule has 122 valence electrons. The maximum absolute atomic E-state index is 10.8. The lowest BCUT2D eigenvalue weighted by Crippen LogP contribution is -1.97. The summed E-state index contributed by atoms with van der Waals surface area (Å²) in [5.41, 5.74) is 2.61. The molecule has 2 aromatic carbocycles. The summed E-state index contributed by atoms with van der Waals surface area (Å²) in [5, 5.41) is 14.7. The summed E-state index contributed by atoms with van der Waals surface area (Å²) in [4.78, 5) is 14.6. The van der Waals surface area contributed by atoms with Gasteiger partial charge in [-0.05, 0) is 31.0 Å². The van der Waals surface area contributed by atoms with Crippen molar-refractivity contribution in [3.05, 3.63) is 69.6 Å². The Morgan fingerprint density at radius 1 is 1.21 bits per heavy atom. The Balaban J connectivity index is 1.75. The Bertz CT molecular complexity index is 889. The van der Waals surface area contributed by atoms with E-state index >= 15 is 0 Å². The minimum absolute atomic E-state index is 0.0227. The third-order valence-electron chi connectivity index (χ3n) is 3.48. The van der Waals surface area contributed by atoms with Crippen LogP contribution in [0.5, 0.6) is 5.75 Å². The number of nitro groups is 1. The number of hydrogen-bond acceptors (Lipinski definition) is 6. The fourth-order valence-corrected chi connectivity index (χ4v) is 2.19. The molecule has 0 aliphatic heterocycles. The van der Waals surface area contributed by atoms with Crippen molar-refractivity contribution in [3.8, 4) is 17.1 Å². The summed E-state index contributed by atoms with van der Waals surface area (Å²) >= 11 is 0. The molecule has 7 nitrogen and oxygen atoms in total. The molecule has 24 heavy (non-hydrogen) atoms. The van der Waals surface area contributed by atoms with Crippen LogP contribution in [-0.4, -0.2) is 15.1 Å². The lowest BCUT2D eigenvalue weighted by Gasteiger charge is -2.07. The first-order valence-corrected chi connectivity index (χ1v) is 7.30. The van der Waals surface area contributed by atoms with Gasteiger partial charge >= 0.3 is 0 Å². The standard InChI is InChI=1S/C17H15N3O4/c1-11-6-7-12(2)15(8-11)23-10-16-18-17(19-24-16)13-4-3-5-14(9-13)20(21)22/h3-9H,10H2,1-2H3. The van der Waals surface area contributed by atoms with Gasteiger partial charge < -0.3 is 9.26 Å². The molecule has 3 aromatic rings. The van der Waals surface area contributed by atoms with E-state index in [0.717, 1.165) is 16.9 Å². The first-order valence-electron chi connectivity index (χ1n) is 7.30. The maximum Gasteiger partial charge on any atom is 0.270 e. The molecule has 1 aromatic heterocycles. The SMILES string of the molecule is Cc1ccc(C)c(OCc2nc(-c3cccc([N+](=O)[O-])c3)no2)c1. The second kappa shape index (κ2) is 6.49. The Kier molecular flexibility index (Phi) is 4.24. The van der Waals surface area contributed by atoms with Gasteiger partial charge in [-0.1, -0.05) is 29.4 Å². The van der Waals surface area contributed by atoms with Crippen LogP contribution in [0.4, 0.5) is 5.69 Å². The van der Waals surface area contributed by atoms with E-state index in [1.54, 1.807) is 12.1 Å². The van der Waals surface area contributed by atoms with E-state index in [1.807, 2.05) is 32.0 Å². The van der Waals surface area contributed by atoms with Gasteiger partial charge in [0.1, 0.15) is 5.75 Å². The summed E-state index contributed by atoms with van der Waals surface area (Å²) in [6.45, 7) is 4.07. The van der Waals surface area contributed by atoms with Crippen LogP contribution in [0.2, 0.25) is 0 Å². The molecule has 0 fully saturated rings. The molecule has 0 spiro atoms. The van der Waals surface area contributed by atoms with Gasteiger partial charge in [-0.15, -0.1) is 0 Å². The van der Waals surface area contributed by atoms with Crippen LogP contribution < -0.4 is 4.74 Å². The zero-order valence-electron chi connectivity index (χ0n) is 13.2. The summed E-state index contributed by atoms with van der Waals surface area (Å²) < 4.78 is 10.9. The molecule has 0 saturated carbocycles. The van der Waals surface area contributed by atoms with Gasteiger partial charge in [-0.2, -0.15) is 4.98 Å². The normalized spacial score (nSPS) is 10.6. The molecule has 1 heterocycles. The predicted molar refractivity (Wildman–Crippen MR) is 86.6 cm³/mol. The van der Waals surface area contributed by atoms with Crippen LogP contribution in [-0.2, 0) is 6.61 Å². The molecule has 0 saturated heterocycles. The number of ether oxygens (including phenoxy) is 1. The zero-order valence-corrected chi connectivity index (χ0v) is 13.2. The molecule has 0 atom stereocenters. The van der Waals surface area contributed by atoms with Gasteiger partial charge in [0.05, 0.1) is 4.92 Å². The maximum atomic E-state index is 10.8. The van der Waals surface area contributed by atoms with Gasteiger partial charge in [-0.25, -0.2) is 0 Å². The van der Waals surface area contributed by atoms with Gasteiger partial charge in [0.25, 0.3) is 11.6 Å². The monoisotopic (exact) mass is 325 g/mol. The summed E-state index contributed by atoms with van der Waals surface area (Å²) in [6, 6.07) is 12.0. The number of rotatable bonds is 5. The highest BCUT2D eigenvalue weighted by Crippen LogP contribution is 2.23. The van der Waals surface area contributed by atoms with Crippen molar-refractivity contribution < 1.29 is 14.2 Å². The van der Waals surface area contributed by atoms with Crippen molar-refractivity contribution in [2.24, 2.45) is 0 Å². The summed E-state index contributed by atoms with van der Waals surface area (Å²) in [5.74, 6) is 1.35. The zero-order chi connectivity index (χ0) is 17.1. The highest BCUT2D eigenvalue weighted by Gasteiger charge is 2.13. The molecule has 0 radical (unpaired) electrons. The Morgan fingerprint density at radius 3 is 2.83 bits per heavy atom. The number of nitrogens with zero attached hydrogens (tertiary/aromatic N) is 3. The molecule has 0 bridgehead atoms. The molecule has 0 N–H and O–H groups in total. The smallest absolute Gasteiger partial charge is 0.270 e. The average Bonchev–Trinajstić information content (AvgIpc) is 3.05. The first kappa shape index (κ1) is 15.7. The van der Waals surface area contributed by atoms with E-state index in [9.17, 15) is 10.1 Å². The van der Waals surface area contributed by atoms with E-state index in [-0.39, 0.29) is 12.3 Å². The number of aryl methyl sites for hydroxylation is 2. The van der Waals surface area contributed by atoms with Gasteiger partial charge in [-0.3, -0.25) is 10.1 Å². The van der Waals surface area contributed by atoms with Crippen LogP contribution in [0.25, 0.3) is 11.4 Å². The van der Waals surface area contributed by atoms with Crippen LogP contribution in [0, 0.1) is 24.0 Å². The van der Waals surface area contributed by atoms with Gasteiger partial charge in [0.2, 0.25) is 5.82 Å². The quantitative estimate of drug-likeness (QED) is 0.523. The van der Waals surface area contributed by atoms with E-state index in [1.165, 1.54) is 12.1 Å². The van der Waals surface area contributed by atoms with Crippen LogP contribution in [0.1, 0.15) is 17.0 Å². The Hall–Kier alpha value is -3.22. The third-order valence-corrected chi connectivity index (χ3v) is 3.48. The topological polar surface area (TPSA) is 91.3 Å². The fourth-order valence-electron chi connectivity index (χ4n) is 2.19. The van der Waals surface area contributed by atoms with E-state index < -0.39 is 4.92 Å². The number of hydrogen-bond donors (Lipinski definition) is 0. The van der Waals surface area contributed by atoms with Crippen LogP contribution in [0.15, 0.2) is 47.0 Å². The molecule has 0 unspecified atom stereocenters. The average molecular weight is 325 g/mol. The van der Waals surface area contributed by atoms with Crippen molar-refractivity contribution in [2.75, 3.05) is 0 Å².